The number of nitrogens with two attached hydrogens (primary N) is 2. The smallest absolute Gasteiger partial charge is 0.241 e. The van der Waals surface area contributed by atoms with Crippen LogP contribution in [-0.2, 0) is 9.59 Å². The molecule has 0 aliphatic heterocycles. The van der Waals surface area contributed by atoms with E-state index in [0.29, 0.717) is 13.0 Å². The summed E-state index contributed by atoms with van der Waals surface area (Å²) in [6.45, 7) is 0.405. The Kier molecular flexibility index (Phi) is 5.16. The standard InChI is InChI=1S/C12H17N3O2/c13-10(16)7-4-8-15-12(17)11(14)9-5-2-1-3-6-9/h1-3,5-6,11H,4,7-8,14H2,(H2,13,16)(H,15,17)/t11-/m1/s1. The van der Waals surface area contributed by atoms with Crippen molar-refractivity contribution in [3.63, 3.8) is 0 Å². The van der Waals surface area contributed by atoms with Crippen LogP contribution in [0, 0.1) is 0 Å². The first-order chi connectivity index (χ1) is 8.11. The Labute approximate surface area is 100 Å². The monoisotopic (exact) mass is 235 g/mol. The van der Waals surface area contributed by atoms with Gasteiger partial charge in [-0.05, 0) is 12.0 Å². The van der Waals surface area contributed by atoms with Gasteiger partial charge in [0.15, 0.2) is 0 Å². The minimum Gasteiger partial charge on any atom is -0.370 e. The molecule has 0 heterocycles. The zero-order chi connectivity index (χ0) is 12.7. The van der Waals surface area contributed by atoms with Crippen LogP contribution >= 0.6 is 0 Å². The second-order valence-electron chi connectivity index (χ2n) is 3.75. The summed E-state index contributed by atoms with van der Waals surface area (Å²) >= 11 is 0. The zero-order valence-electron chi connectivity index (χ0n) is 9.56. The number of hydrogen-bond acceptors (Lipinski definition) is 3. The highest BCUT2D eigenvalue weighted by molar-refractivity contribution is 5.82. The first-order valence-electron chi connectivity index (χ1n) is 5.48. The average molecular weight is 235 g/mol. The van der Waals surface area contributed by atoms with Crippen LogP contribution in [0.2, 0.25) is 0 Å². The Morgan fingerprint density at radius 1 is 1.24 bits per heavy atom. The molecule has 92 valence electrons. The van der Waals surface area contributed by atoms with Crippen molar-refractivity contribution < 1.29 is 9.59 Å². The summed E-state index contributed by atoms with van der Waals surface area (Å²) in [6, 6.07) is 8.44. The number of benzene rings is 1. The number of carbonyl (C=O) groups excluding carboxylic acids is 2. The molecular formula is C12H17N3O2. The van der Waals surface area contributed by atoms with Gasteiger partial charge in [-0.2, -0.15) is 0 Å². The fourth-order valence-electron chi connectivity index (χ4n) is 1.40. The van der Waals surface area contributed by atoms with E-state index in [9.17, 15) is 9.59 Å². The number of rotatable bonds is 6. The highest BCUT2D eigenvalue weighted by atomic mass is 16.2. The molecule has 0 saturated heterocycles. The summed E-state index contributed by atoms with van der Waals surface area (Å²) in [5.41, 5.74) is 11.5. The summed E-state index contributed by atoms with van der Waals surface area (Å²) in [5.74, 6) is -0.618. The van der Waals surface area contributed by atoms with E-state index in [-0.39, 0.29) is 18.2 Å². The number of amides is 2. The molecule has 1 atom stereocenters. The molecule has 0 aliphatic rings. The van der Waals surface area contributed by atoms with E-state index in [1.54, 1.807) is 12.1 Å². The average Bonchev–Trinajstić information content (AvgIpc) is 2.34. The lowest BCUT2D eigenvalue weighted by Gasteiger charge is -2.12. The van der Waals surface area contributed by atoms with Crippen molar-refractivity contribution in [1.29, 1.82) is 0 Å². The molecule has 2 amide bonds. The molecule has 0 aromatic heterocycles. The maximum Gasteiger partial charge on any atom is 0.241 e. The van der Waals surface area contributed by atoms with E-state index in [1.807, 2.05) is 18.2 Å². The van der Waals surface area contributed by atoms with Gasteiger partial charge in [0.2, 0.25) is 11.8 Å². The second-order valence-corrected chi connectivity index (χ2v) is 3.75. The van der Waals surface area contributed by atoms with E-state index >= 15 is 0 Å². The summed E-state index contributed by atoms with van der Waals surface area (Å²) in [7, 11) is 0. The lowest BCUT2D eigenvalue weighted by atomic mass is 10.1. The lowest BCUT2D eigenvalue weighted by Crippen LogP contribution is -2.34. The van der Waals surface area contributed by atoms with Gasteiger partial charge in [0.05, 0.1) is 0 Å². The Bertz CT molecular complexity index is 379. The molecule has 0 saturated carbocycles. The van der Waals surface area contributed by atoms with Crippen LogP contribution < -0.4 is 16.8 Å². The van der Waals surface area contributed by atoms with Crippen molar-refractivity contribution in [2.24, 2.45) is 11.5 Å². The van der Waals surface area contributed by atoms with Gasteiger partial charge in [-0.3, -0.25) is 9.59 Å². The van der Waals surface area contributed by atoms with Crippen LogP contribution in [0.15, 0.2) is 30.3 Å². The van der Waals surface area contributed by atoms with Gasteiger partial charge in [0.25, 0.3) is 0 Å². The van der Waals surface area contributed by atoms with E-state index < -0.39 is 6.04 Å². The molecular weight excluding hydrogens is 218 g/mol. The molecule has 0 radical (unpaired) electrons. The van der Waals surface area contributed by atoms with Crippen LogP contribution in [0.1, 0.15) is 24.4 Å². The van der Waals surface area contributed by atoms with Gasteiger partial charge in [-0.15, -0.1) is 0 Å². The summed E-state index contributed by atoms with van der Waals surface area (Å²) in [6.07, 6.45) is 0.795. The zero-order valence-corrected chi connectivity index (χ0v) is 9.56. The summed E-state index contributed by atoms with van der Waals surface area (Å²) < 4.78 is 0. The molecule has 1 rings (SSSR count). The molecule has 0 spiro atoms. The molecule has 5 nitrogen and oxygen atoms in total. The summed E-state index contributed by atoms with van der Waals surface area (Å²) in [5, 5.41) is 2.66. The minimum absolute atomic E-state index is 0.249. The number of carbonyl (C=O) groups is 2. The minimum atomic E-state index is -0.676. The highest BCUT2D eigenvalue weighted by Crippen LogP contribution is 2.08. The molecule has 0 bridgehead atoms. The van der Waals surface area contributed by atoms with Gasteiger partial charge < -0.3 is 16.8 Å². The predicted octanol–water partition coefficient (Wildman–Crippen LogP) is 0.0681. The fraction of sp³-hybridized carbons (Fsp3) is 0.333. The third-order valence-electron chi connectivity index (χ3n) is 2.34. The van der Waals surface area contributed by atoms with Crippen molar-refractivity contribution in [1.82, 2.24) is 5.32 Å². The van der Waals surface area contributed by atoms with E-state index in [4.69, 9.17) is 11.5 Å². The Balaban J connectivity index is 2.35. The molecule has 1 aromatic carbocycles. The largest absolute Gasteiger partial charge is 0.370 e. The third kappa shape index (κ3) is 4.65. The molecule has 0 unspecified atom stereocenters. The topological polar surface area (TPSA) is 98.2 Å². The predicted molar refractivity (Wildman–Crippen MR) is 64.8 cm³/mol. The van der Waals surface area contributed by atoms with Gasteiger partial charge in [0.1, 0.15) is 6.04 Å². The Hall–Kier alpha value is -1.88. The van der Waals surface area contributed by atoms with Crippen molar-refractivity contribution in [2.75, 3.05) is 6.54 Å². The molecule has 5 N–H and O–H groups in total. The van der Waals surface area contributed by atoms with Crippen molar-refractivity contribution in [3.05, 3.63) is 35.9 Å². The lowest BCUT2D eigenvalue weighted by molar-refractivity contribution is -0.123. The van der Waals surface area contributed by atoms with Gasteiger partial charge >= 0.3 is 0 Å². The second kappa shape index (κ2) is 6.65. The number of nitrogens with one attached hydrogen (secondary N) is 1. The van der Waals surface area contributed by atoms with Crippen molar-refractivity contribution in [3.8, 4) is 0 Å². The van der Waals surface area contributed by atoms with Crippen LogP contribution in [-0.4, -0.2) is 18.4 Å². The number of hydrogen-bond donors (Lipinski definition) is 3. The quantitative estimate of drug-likeness (QED) is 0.608. The first-order valence-corrected chi connectivity index (χ1v) is 5.48. The Morgan fingerprint density at radius 2 is 1.88 bits per heavy atom. The molecule has 5 heteroatoms. The Morgan fingerprint density at radius 3 is 2.47 bits per heavy atom. The molecule has 1 aromatic rings. The maximum atomic E-state index is 11.6. The van der Waals surface area contributed by atoms with Crippen molar-refractivity contribution in [2.45, 2.75) is 18.9 Å². The molecule has 17 heavy (non-hydrogen) atoms. The van der Waals surface area contributed by atoms with Crippen LogP contribution in [0.3, 0.4) is 0 Å². The fourth-order valence-corrected chi connectivity index (χ4v) is 1.40. The van der Waals surface area contributed by atoms with Crippen LogP contribution in [0.25, 0.3) is 0 Å². The third-order valence-corrected chi connectivity index (χ3v) is 2.34. The van der Waals surface area contributed by atoms with E-state index in [1.165, 1.54) is 0 Å². The SMILES string of the molecule is NC(=O)CCCNC(=O)[C@H](N)c1ccccc1. The maximum absolute atomic E-state index is 11.6. The van der Waals surface area contributed by atoms with Gasteiger partial charge in [-0.1, -0.05) is 30.3 Å². The normalized spacial score (nSPS) is 11.8. The van der Waals surface area contributed by atoms with Gasteiger partial charge in [0, 0.05) is 13.0 Å². The van der Waals surface area contributed by atoms with Crippen LogP contribution in [0.5, 0.6) is 0 Å². The van der Waals surface area contributed by atoms with E-state index in [0.717, 1.165) is 5.56 Å². The summed E-state index contributed by atoms with van der Waals surface area (Å²) in [4.78, 5) is 22.1. The number of primary amides is 1. The van der Waals surface area contributed by atoms with Crippen LogP contribution in [0.4, 0.5) is 0 Å². The molecule has 0 aliphatic carbocycles. The van der Waals surface area contributed by atoms with Gasteiger partial charge in [-0.25, -0.2) is 0 Å². The van der Waals surface area contributed by atoms with Crippen molar-refractivity contribution >= 4 is 11.8 Å². The van der Waals surface area contributed by atoms with E-state index in [2.05, 4.69) is 5.32 Å². The first kappa shape index (κ1) is 13.2. The highest BCUT2D eigenvalue weighted by Gasteiger charge is 2.14. The molecule has 0 fully saturated rings.